The van der Waals surface area contributed by atoms with E-state index >= 15 is 0 Å². The van der Waals surface area contributed by atoms with Gasteiger partial charge in [0.1, 0.15) is 0 Å². The van der Waals surface area contributed by atoms with E-state index in [9.17, 15) is 5.11 Å². The maximum Gasteiger partial charge on any atom is 0.0789 e. The third kappa shape index (κ3) is 3.70. The summed E-state index contributed by atoms with van der Waals surface area (Å²) in [4.78, 5) is 0. The van der Waals surface area contributed by atoms with Gasteiger partial charge in [-0.3, -0.25) is 0 Å². The van der Waals surface area contributed by atoms with Crippen molar-refractivity contribution in [3.05, 3.63) is 22.3 Å². The van der Waals surface area contributed by atoms with Crippen LogP contribution in [-0.2, 0) is 0 Å². The molecule has 0 spiro atoms. The summed E-state index contributed by atoms with van der Waals surface area (Å²) in [6.07, 6.45) is 2.03. The first kappa shape index (κ1) is 9.17. The lowest BCUT2D eigenvalue weighted by Gasteiger charge is -2.05. The second-order valence-corrected chi connectivity index (χ2v) is 2.52. The van der Waals surface area contributed by atoms with Crippen LogP contribution in [0.25, 0.3) is 0 Å². The lowest BCUT2D eigenvalue weighted by molar-refractivity contribution is 0.215. The van der Waals surface area contributed by atoms with Crippen LogP contribution in [0.1, 0.15) is 13.3 Å². The van der Waals surface area contributed by atoms with Gasteiger partial charge in [0.2, 0.25) is 0 Å². The third-order valence-corrected chi connectivity index (χ3v) is 2.07. The van der Waals surface area contributed by atoms with E-state index in [2.05, 4.69) is 29.2 Å². The number of hydrogen-bond acceptors (Lipinski definition) is 1. The highest BCUT2D eigenvalue weighted by atomic mass is 127. The Labute approximate surface area is 69.6 Å². The van der Waals surface area contributed by atoms with Gasteiger partial charge in [0.15, 0.2) is 0 Å². The lowest BCUT2D eigenvalue weighted by Crippen LogP contribution is -2.04. The molecule has 0 saturated heterocycles. The highest BCUT2D eigenvalue weighted by molar-refractivity contribution is 14.1. The molecule has 2 heteroatoms. The van der Waals surface area contributed by atoms with Crippen LogP contribution in [0.4, 0.5) is 0 Å². The van der Waals surface area contributed by atoms with Crippen LogP contribution < -0.4 is 0 Å². The van der Waals surface area contributed by atoms with Crippen molar-refractivity contribution in [3.8, 4) is 0 Å². The van der Waals surface area contributed by atoms with Crippen LogP contribution in [-0.4, -0.2) is 11.2 Å². The third-order valence-electron chi connectivity index (χ3n) is 1.09. The van der Waals surface area contributed by atoms with E-state index in [-0.39, 0.29) is 6.10 Å². The summed E-state index contributed by atoms with van der Waals surface area (Å²) in [5, 5.41) is 9.17. The van der Waals surface area contributed by atoms with E-state index < -0.39 is 0 Å². The second kappa shape index (κ2) is 4.99. The first-order valence-corrected chi connectivity index (χ1v) is 4.02. The van der Waals surface area contributed by atoms with Gasteiger partial charge in [0, 0.05) is 0 Å². The Morgan fingerprint density at radius 2 is 2.44 bits per heavy atom. The van der Waals surface area contributed by atoms with Crippen molar-refractivity contribution in [2.24, 2.45) is 0 Å². The van der Waals surface area contributed by atoms with Gasteiger partial charge in [-0.1, -0.05) is 28.7 Å². The van der Waals surface area contributed by atoms with Gasteiger partial charge in [-0.25, -0.2) is 0 Å². The number of hydrogen-bond donors (Lipinski definition) is 1. The van der Waals surface area contributed by atoms with Crippen LogP contribution in [0, 0.1) is 0 Å². The summed E-state index contributed by atoms with van der Waals surface area (Å²) < 4.78 is 1.88. The molecule has 0 heterocycles. The molecule has 0 rings (SSSR count). The van der Waals surface area contributed by atoms with Gasteiger partial charge in [0.25, 0.3) is 0 Å². The molecular weight excluding hydrogens is 227 g/mol. The van der Waals surface area contributed by atoms with Gasteiger partial charge >= 0.3 is 0 Å². The molecule has 0 aliphatic carbocycles. The van der Waals surface area contributed by atoms with Crippen LogP contribution >= 0.6 is 22.6 Å². The quantitative estimate of drug-likeness (QED) is 0.590. The smallest absolute Gasteiger partial charge is 0.0789 e. The molecule has 52 valence electrons. The highest BCUT2D eigenvalue weighted by Crippen LogP contribution is 2.07. The Hall–Kier alpha value is 0.170. The van der Waals surface area contributed by atoms with E-state index in [4.69, 9.17) is 0 Å². The van der Waals surface area contributed by atoms with E-state index in [0.29, 0.717) is 6.42 Å². The number of aliphatic hydroxyl groups is 1. The van der Waals surface area contributed by atoms with E-state index in [1.165, 1.54) is 0 Å². The zero-order chi connectivity index (χ0) is 7.28. The maximum absolute atomic E-state index is 9.17. The number of aliphatic hydroxyl groups excluding tert-OH is 1. The summed E-state index contributed by atoms with van der Waals surface area (Å²) in [7, 11) is 0. The largest absolute Gasteiger partial charge is 0.388 e. The predicted octanol–water partition coefficient (Wildman–Crippen LogP) is 2.26. The summed E-state index contributed by atoms with van der Waals surface area (Å²) >= 11 is 2.11. The second-order valence-electron chi connectivity index (χ2n) is 1.89. The molecule has 1 nitrogen and oxygen atoms in total. The molecule has 0 aromatic rings. The molecule has 0 fully saturated rings. The van der Waals surface area contributed by atoms with Crippen LogP contribution in [0.2, 0.25) is 0 Å². The minimum atomic E-state index is -0.334. The first-order chi connectivity index (χ1) is 4.22. The number of halogens is 1. The molecule has 1 N–H and O–H groups in total. The minimum absolute atomic E-state index is 0.334. The van der Waals surface area contributed by atoms with E-state index in [1.807, 2.05) is 11.0 Å². The molecule has 0 aromatic heterocycles. The molecular formula is C7H11IO. The van der Waals surface area contributed by atoms with Crippen molar-refractivity contribution in [1.29, 1.82) is 0 Å². The van der Waals surface area contributed by atoms with Gasteiger partial charge in [0.05, 0.1) is 6.10 Å². The van der Waals surface area contributed by atoms with Gasteiger partial charge in [-0.05, 0) is 23.0 Å². The van der Waals surface area contributed by atoms with Crippen molar-refractivity contribution in [2.75, 3.05) is 0 Å². The molecule has 0 amide bonds. The van der Waals surface area contributed by atoms with Crippen LogP contribution in [0.3, 0.4) is 0 Å². The van der Waals surface area contributed by atoms with Gasteiger partial charge in [-0.15, -0.1) is 6.58 Å². The molecule has 0 radical (unpaired) electrons. The highest BCUT2D eigenvalue weighted by Gasteiger charge is 2.00. The van der Waals surface area contributed by atoms with E-state index in [1.54, 1.807) is 6.08 Å². The Morgan fingerprint density at radius 3 is 2.78 bits per heavy atom. The lowest BCUT2D eigenvalue weighted by atomic mass is 10.1. The molecule has 1 unspecified atom stereocenters. The summed E-state index contributed by atoms with van der Waals surface area (Å²) in [5.41, 5.74) is 0.996. The molecule has 0 aliphatic rings. The fourth-order valence-electron chi connectivity index (χ4n) is 0.416. The molecule has 1 atom stereocenters. The predicted molar refractivity (Wildman–Crippen MR) is 48.6 cm³/mol. The standard InChI is InChI=1S/C7H11IO/c1-3-4-7(9)6(2)5-8/h3,5,7,9H,1,4H2,2H3/b6-5+. The monoisotopic (exact) mass is 238 g/mol. The summed E-state index contributed by atoms with van der Waals surface area (Å²) in [6.45, 7) is 5.43. The molecule has 9 heavy (non-hydrogen) atoms. The molecule has 0 aromatic carbocycles. The van der Waals surface area contributed by atoms with Crippen molar-refractivity contribution < 1.29 is 5.11 Å². The van der Waals surface area contributed by atoms with E-state index in [0.717, 1.165) is 5.57 Å². The van der Waals surface area contributed by atoms with Gasteiger partial charge in [-0.2, -0.15) is 0 Å². The Kier molecular flexibility index (Phi) is 5.09. The fraction of sp³-hybridized carbons (Fsp3) is 0.429. The van der Waals surface area contributed by atoms with Crippen molar-refractivity contribution in [3.63, 3.8) is 0 Å². The zero-order valence-corrected chi connectivity index (χ0v) is 7.63. The SMILES string of the molecule is C=CCC(O)/C(C)=C/I. The topological polar surface area (TPSA) is 20.2 Å². The Bertz CT molecular complexity index is 118. The normalized spacial score (nSPS) is 15.2. The van der Waals surface area contributed by atoms with Crippen LogP contribution in [0.15, 0.2) is 22.3 Å². The fourth-order valence-corrected chi connectivity index (χ4v) is 0.832. The first-order valence-electron chi connectivity index (χ1n) is 2.78. The molecule has 0 aliphatic heterocycles. The van der Waals surface area contributed by atoms with Gasteiger partial charge < -0.3 is 5.11 Å². The summed E-state index contributed by atoms with van der Waals surface area (Å²) in [6, 6.07) is 0. The average molecular weight is 238 g/mol. The zero-order valence-electron chi connectivity index (χ0n) is 5.47. The molecule has 0 saturated carbocycles. The Balaban J connectivity index is 3.72. The van der Waals surface area contributed by atoms with Crippen molar-refractivity contribution in [1.82, 2.24) is 0 Å². The van der Waals surface area contributed by atoms with Crippen LogP contribution in [0.5, 0.6) is 0 Å². The Morgan fingerprint density at radius 1 is 1.89 bits per heavy atom. The number of rotatable bonds is 3. The molecule has 0 bridgehead atoms. The average Bonchev–Trinajstić information content (AvgIpc) is 1.87. The van der Waals surface area contributed by atoms with Crippen molar-refractivity contribution >= 4 is 22.6 Å². The maximum atomic E-state index is 9.17. The summed E-state index contributed by atoms with van der Waals surface area (Å²) in [5.74, 6) is 0. The van der Waals surface area contributed by atoms with Crippen molar-refractivity contribution in [2.45, 2.75) is 19.4 Å². The minimum Gasteiger partial charge on any atom is -0.388 e.